The lowest BCUT2D eigenvalue weighted by Gasteiger charge is -2.08. The molecule has 3 nitrogen and oxygen atoms in total. The van der Waals surface area contributed by atoms with Crippen molar-refractivity contribution in [2.45, 2.75) is 12.3 Å². The standard InChI is InChI=1S/C9H6F3NO2/c10-9(11,12)4-1-2-6-5(3-4)7(14)8(15)13-6/h1-3,7,14H,(H,13,15). The molecule has 0 radical (unpaired) electrons. The number of aliphatic hydroxyl groups is 1. The highest BCUT2D eigenvalue weighted by molar-refractivity contribution is 6.01. The predicted molar refractivity (Wildman–Crippen MR) is 45.0 cm³/mol. The van der Waals surface area contributed by atoms with Crippen LogP contribution < -0.4 is 5.32 Å². The Labute approximate surface area is 82.5 Å². The summed E-state index contributed by atoms with van der Waals surface area (Å²) in [5, 5.41) is 11.5. The van der Waals surface area contributed by atoms with Crippen molar-refractivity contribution in [2.24, 2.45) is 0 Å². The molecule has 0 saturated heterocycles. The maximum absolute atomic E-state index is 12.3. The van der Waals surface area contributed by atoms with Gasteiger partial charge >= 0.3 is 6.18 Å². The zero-order valence-electron chi connectivity index (χ0n) is 7.30. The fourth-order valence-electron chi connectivity index (χ4n) is 1.42. The van der Waals surface area contributed by atoms with Gasteiger partial charge in [-0.1, -0.05) is 0 Å². The lowest BCUT2D eigenvalue weighted by Crippen LogP contribution is -2.10. The molecule has 0 spiro atoms. The Hall–Kier alpha value is -1.56. The molecule has 15 heavy (non-hydrogen) atoms. The van der Waals surface area contributed by atoms with Crippen LogP contribution in [0.1, 0.15) is 17.2 Å². The van der Waals surface area contributed by atoms with E-state index in [1.54, 1.807) is 0 Å². The second kappa shape index (κ2) is 2.96. The van der Waals surface area contributed by atoms with Gasteiger partial charge in [0.15, 0.2) is 6.10 Å². The number of hydrogen-bond acceptors (Lipinski definition) is 2. The summed E-state index contributed by atoms with van der Waals surface area (Å²) >= 11 is 0. The van der Waals surface area contributed by atoms with Gasteiger partial charge in [0, 0.05) is 11.3 Å². The molecule has 1 unspecified atom stereocenters. The van der Waals surface area contributed by atoms with Gasteiger partial charge in [0.2, 0.25) is 0 Å². The molecular formula is C9H6F3NO2. The molecule has 1 atom stereocenters. The SMILES string of the molecule is O=C1Nc2ccc(C(F)(F)F)cc2C1O. The van der Waals surface area contributed by atoms with Gasteiger partial charge in [0.25, 0.3) is 5.91 Å². The van der Waals surface area contributed by atoms with Gasteiger partial charge < -0.3 is 10.4 Å². The fourth-order valence-corrected chi connectivity index (χ4v) is 1.42. The van der Waals surface area contributed by atoms with E-state index in [9.17, 15) is 23.1 Å². The quantitative estimate of drug-likeness (QED) is 0.694. The number of anilines is 1. The topological polar surface area (TPSA) is 49.3 Å². The average molecular weight is 217 g/mol. The molecule has 0 fully saturated rings. The minimum Gasteiger partial charge on any atom is -0.378 e. The van der Waals surface area contributed by atoms with E-state index in [0.29, 0.717) is 0 Å². The fraction of sp³-hybridized carbons (Fsp3) is 0.222. The monoisotopic (exact) mass is 217 g/mol. The van der Waals surface area contributed by atoms with Gasteiger partial charge in [-0.3, -0.25) is 4.79 Å². The maximum Gasteiger partial charge on any atom is 0.416 e. The van der Waals surface area contributed by atoms with Crippen molar-refractivity contribution < 1.29 is 23.1 Å². The lowest BCUT2D eigenvalue weighted by molar-refractivity contribution is -0.137. The third kappa shape index (κ3) is 1.56. The third-order valence-electron chi connectivity index (χ3n) is 2.18. The smallest absolute Gasteiger partial charge is 0.378 e. The molecule has 1 aliphatic heterocycles. The number of aliphatic hydroxyl groups excluding tert-OH is 1. The lowest BCUT2D eigenvalue weighted by atomic mass is 10.1. The molecule has 80 valence electrons. The molecule has 1 aromatic rings. The Bertz CT molecular complexity index is 428. The number of hydrogen-bond donors (Lipinski definition) is 2. The van der Waals surface area contributed by atoms with E-state index < -0.39 is 23.8 Å². The minimum atomic E-state index is -4.47. The van der Waals surface area contributed by atoms with Crippen molar-refractivity contribution in [1.82, 2.24) is 0 Å². The Morgan fingerprint density at radius 2 is 2.00 bits per heavy atom. The molecule has 6 heteroatoms. The molecule has 1 aromatic carbocycles. The summed E-state index contributed by atoms with van der Waals surface area (Å²) in [5.74, 6) is -0.704. The van der Waals surface area contributed by atoms with Crippen molar-refractivity contribution in [2.75, 3.05) is 5.32 Å². The van der Waals surface area contributed by atoms with Crippen LogP contribution in [0.3, 0.4) is 0 Å². The van der Waals surface area contributed by atoms with E-state index in [-0.39, 0.29) is 11.3 Å². The van der Waals surface area contributed by atoms with Crippen LogP contribution in [0.15, 0.2) is 18.2 Å². The van der Waals surface area contributed by atoms with Crippen LogP contribution in [0.25, 0.3) is 0 Å². The van der Waals surface area contributed by atoms with Gasteiger partial charge in [0.05, 0.1) is 5.56 Å². The maximum atomic E-state index is 12.3. The molecule has 1 amide bonds. The zero-order chi connectivity index (χ0) is 11.2. The van der Waals surface area contributed by atoms with Gasteiger partial charge in [-0.2, -0.15) is 13.2 Å². The van der Waals surface area contributed by atoms with Gasteiger partial charge in [0.1, 0.15) is 0 Å². The van der Waals surface area contributed by atoms with Crippen molar-refractivity contribution in [3.8, 4) is 0 Å². The van der Waals surface area contributed by atoms with Crippen LogP contribution in [0.5, 0.6) is 0 Å². The highest BCUT2D eigenvalue weighted by Gasteiger charge is 2.35. The van der Waals surface area contributed by atoms with E-state index >= 15 is 0 Å². The number of fused-ring (bicyclic) bond motifs is 1. The van der Waals surface area contributed by atoms with Gasteiger partial charge in [-0.05, 0) is 18.2 Å². The molecular weight excluding hydrogens is 211 g/mol. The first-order valence-corrected chi connectivity index (χ1v) is 4.09. The Kier molecular flexibility index (Phi) is 1.97. The van der Waals surface area contributed by atoms with Crippen molar-refractivity contribution in [3.63, 3.8) is 0 Å². The van der Waals surface area contributed by atoms with Gasteiger partial charge in [-0.15, -0.1) is 0 Å². The van der Waals surface area contributed by atoms with Crippen LogP contribution in [-0.2, 0) is 11.0 Å². The molecule has 2 N–H and O–H groups in total. The van der Waals surface area contributed by atoms with Crippen molar-refractivity contribution in [1.29, 1.82) is 0 Å². The summed E-state index contributed by atoms with van der Waals surface area (Å²) in [7, 11) is 0. The van der Waals surface area contributed by atoms with Crippen LogP contribution in [0, 0.1) is 0 Å². The number of carbonyl (C=O) groups is 1. The number of alkyl halides is 3. The number of nitrogens with one attached hydrogen (secondary N) is 1. The number of carbonyl (C=O) groups excluding carboxylic acids is 1. The van der Waals surface area contributed by atoms with Crippen molar-refractivity contribution >= 4 is 11.6 Å². The highest BCUT2D eigenvalue weighted by Crippen LogP contribution is 2.36. The van der Waals surface area contributed by atoms with Crippen LogP contribution in [0.2, 0.25) is 0 Å². The molecule has 0 aliphatic carbocycles. The first-order chi connectivity index (χ1) is 6.89. The summed E-state index contributed by atoms with van der Waals surface area (Å²) in [4.78, 5) is 10.9. The normalized spacial score (nSPS) is 20.0. The molecule has 1 aliphatic rings. The Morgan fingerprint density at radius 1 is 1.33 bits per heavy atom. The van der Waals surface area contributed by atoms with E-state index in [1.165, 1.54) is 0 Å². The minimum absolute atomic E-state index is 0.0326. The van der Waals surface area contributed by atoms with E-state index in [2.05, 4.69) is 5.32 Å². The highest BCUT2D eigenvalue weighted by atomic mass is 19.4. The number of rotatable bonds is 0. The Balaban J connectivity index is 2.49. The second-order valence-corrected chi connectivity index (χ2v) is 3.19. The molecule has 1 heterocycles. The summed E-state index contributed by atoms with van der Waals surface area (Å²) in [5.41, 5.74) is -0.688. The summed E-state index contributed by atoms with van der Waals surface area (Å²) in [6.45, 7) is 0. The van der Waals surface area contributed by atoms with E-state index in [1.807, 2.05) is 0 Å². The Morgan fingerprint density at radius 3 is 2.60 bits per heavy atom. The van der Waals surface area contributed by atoms with Gasteiger partial charge in [-0.25, -0.2) is 0 Å². The number of amides is 1. The third-order valence-corrected chi connectivity index (χ3v) is 2.18. The van der Waals surface area contributed by atoms with E-state index in [0.717, 1.165) is 18.2 Å². The van der Waals surface area contributed by atoms with Crippen LogP contribution >= 0.6 is 0 Å². The number of benzene rings is 1. The van der Waals surface area contributed by atoms with Crippen molar-refractivity contribution in [3.05, 3.63) is 29.3 Å². The summed E-state index contributed by atoms with van der Waals surface area (Å²) < 4.78 is 36.9. The average Bonchev–Trinajstić information content (AvgIpc) is 2.41. The summed E-state index contributed by atoms with van der Waals surface area (Å²) in [6.07, 6.45) is -5.98. The largest absolute Gasteiger partial charge is 0.416 e. The first-order valence-electron chi connectivity index (χ1n) is 4.09. The molecule has 0 bridgehead atoms. The summed E-state index contributed by atoms with van der Waals surface area (Å²) in [6, 6.07) is 2.77. The predicted octanol–water partition coefficient (Wildman–Crippen LogP) is 1.69. The van der Waals surface area contributed by atoms with Crippen LogP contribution in [-0.4, -0.2) is 11.0 Å². The molecule has 0 aromatic heterocycles. The number of halogens is 3. The molecule has 2 rings (SSSR count). The second-order valence-electron chi connectivity index (χ2n) is 3.19. The van der Waals surface area contributed by atoms with E-state index in [4.69, 9.17) is 0 Å². The zero-order valence-corrected chi connectivity index (χ0v) is 7.30. The van der Waals surface area contributed by atoms with Crippen LogP contribution in [0.4, 0.5) is 18.9 Å². The first kappa shape index (κ1) is 9.97. The molecule has 0 saturated carbocycles.